The first-order chi connectivity index (χ1) is 6.63. The van der Waals surface area contributed by atoms with Gasteiger partial charge in [0.05, 0.1) is 18.9 Å². The summed E-state index contributed by atoms with van der Waals surface area (Å²) in [6.45, 7) is 0. The van der Waals surface area contributed by atoms with Crippen molar-refractivity contribution >= 4 is 5.97 Å². The molecule has 0 aromatic heterocycles. The highest BCUT2D eigenvalue weighted by Gasteiger charge is 2.07. The van der Waals surface area contributed by atoms with Gasteiger partial charge in [0.2, 0.25) is 0 Å². The molecule has 1 rings (SSSR count). The Morgan fingerprint density at radius 2 is 2.14 bits per heavy atom. The third kappa shape index (κ3) is 2.49. The largest absolute Gasteiger partial charge is 0.508 e. The van der Waals surface area contributed by atoms with E-state index in [4.69, 9.17) is 15.5 Å². The summed E-state index contributed by atoms with van der Waals surface area (Å²) in [6, 6.07) is 6.33. The minimum Gasteiger partial charge on any atom is -0.508 e. The van der Waals surface area contributed by atoms with E-state index in [1.807, 2.05) is 6.07 Å². The molecule has 4 heteroatoms. The van der Waals surface area contributed by atoms with Gasteiger partial charge in [-0.25, -0.2) is 0 Å². The summed E-state index contributed by atoms with van der Waals surface area (Å²) >= 11 is 0. The molecule has 2 N–H and O–H groups in total. The summed E-state index contributed by atoms with van der Waals surface area (Å²) in [5.74, 6) is -0.960. The average molecular weight is 191 g/mol. The number of carbonyl (C=O) groups is 1. The maximum absolute atomic E-state index is 10.5. The molecule has 0 unspecified atom stereocenters. The standard InChI is InChI=1S/C10H9NO3/c11-4-3-7-1-2-9(12)5-8(7)6-10(13)14/h1-2,5,12H,3,6H2,(H,13,14). The molecule has 4 nitrogen and oxygen atoms in total. The number of carboxylic acids is 1. The zero-order valence-corrected chi connectivity index (χ0v) is 7.40. The number of carboxylic acid groups (broad SMARTS) is 1. The van der Waals surface area contributed by atoms with Gasteiger partial charge in [0, 0.05) is 0 Å². The lowest BCUT2D eigenvalue weighted by molar-refractivity contribution is -0.136. The molecule has 0 heterocycles. The first-order valence-electron chi connectivity index (χ1n) is 4.03. The van der Waals surface area contributed by atoms with Gasteiger partial charge in [-0.15, -0.1) is 0 Å². The van der Waals surface area contributed by atoms with Crippen LogP contribution in [-0.2, 0) is 17.6 Å². The second kappa shape index (κ2) is 4.28. The van der Waals surface area contributed by atoms with Crippen molar-refractivity contribution in [1.82, 2.24) is 0 Å². The van der Waals surface area contributed by atoms with E-state index in [1.54, 1.807) is 6.07 Å². The first kappa shape index (κ1) is 10.1. The Bertz CT molecular complexity index is 393. The molecule has 1 aromatic carbocycles. The Morgan fingerprint density at radius 1 is 1.43 bits per heavy atom. The molecule has 72 valence electrons. The first-order valence-corrected chi connectivity index (χ1v) is 4.03. The van der Waals surface area contributed by atoms with Crippen LogP contribution < -0.4 is 0 Å². The van der Waals surface area contributed by atoms with Crippen LogP contribution in [0.3, 0.4) is 0 Å². The molecule has 1 aromatic rings. The molecule has 0 fully saturated rings. The molecule has 0 aliphatic heterocycles. The van der Waals surface area contributed by atoms with Crippen LogP contribution in [0.5, 0.6) is 5.75 Å². The summed E-state index contributed by atoms with van der Waals surface area (Å²) in [5.41, 5.74) is 1.13. The SMILES string of the molecule is N#CCc1ccc(O)cc1CC(=O)O. The van der Waals surface area contributed by atoms with E-state index in [0.717, 1.165) is 0 Å². The van der Waals surface area contributed by atoms with Gasteiger partial charge >= 0.3 is 5.97 Å². The second-order valence-electron chi connectivity index (χ2n) is 2.86. The third-order valence-corrected chi connectivity index (χ3v) is 1.80. The van der Waals surface area contributed by atoms with Crippen molar-refractivity contribution < 1.29 is 15.0 Å². The van der Waals surface area contributed by atoms with Crippen LogP contribution in [0.2, 0.25) is 0 Å². The molecule has 0 radical (unpaired) electrons. The zero-order chi connectivity index (χ0) is 10.6. The van der Waals surface area contributed by atoms with Crippen LogP contribution in [0.15, 0.2) is 18.2 Å². The number of benzene rings is 1. The van der Waals surface area contributed by atoms with E-state index >= 15 is 0 Å². The maximum atomic E-state index is 10.5. The molecule has 0 spiro atoms. The number of rotatable bonds is 3. The van der Waals surface area contributed by atoms with Crippen molar-refractivity contribution in [2.24, 2.45) is 0 Å². The summed E-state index contributed by atoms with van der Waals surface area (Å²) < 4.78 is 0. The molecule has 0 saturated heterocycles. The molecular weight excluding hydrogens is 182 g/mol. The number of aliphatic carboxylic acids is 1. The molecule has 0 aliphatic carbocycles. The molecule has 14 heavy (non-hydrogen) atoms. The fourth-order valence-electron chi connectivity index (χ4n) is 1.20. The van der Waals surface area contributed by atoms with Crippen LogP contribution in [0, 0.1) is 11.3 Å². The van der Waals surface area contributed by atoms with E-state index in [0.29, 0.717) is 11.1 Å². The van der Waals surface area contributed by atoms with E-state index in [-0.39, 0.29) is 18.6 Å². The van der Waals surface area contributed by atoms with Crippen molar-refractivity contribution in [3.63, 3.8) is 0 Å². The molecule has 0 bridgehead atoms. The molecule has 0 atom stereocenters. The number of hydrogen-bond donors (Lipinski definition) is 2. The number of hydrogen-bond acceptors (Lipinski definition) is 3. The van der Waals surface area contributed by atoms with E-state index < -0.39 is 5.97 Å². The smallest absolute Gasteiger partial charge is 0.307 e. The topological polar surface area (TPSA) is 81.3 Å². The number of aromatic hydroxyl groups is 1. The predicted octanol–water partition coefficient (Wildman–Crippen LogP) is 1.09. The molecular formula is C10H9NO3. The van der Waals surface area contributed by atoms with Gasteiger partial charge in [-0.3, -0.25) is 4.79 Å². The fraction of sp³-hybridized carbons (Fsp3) is 0.200. The highest BCUT2D eigenvalue weighted by Crippen LogP contribution is 2.17. The highest BCUT2D eigenvalue weighted by atomic mass is 16.4. The third-order valence-electron chi connectivity index (χ3n) is 1.80. The van der Waals surface area contributed by atoms with E-state index in [2.05, 4.69) is 0 Å². The lowest BCUT2D eigenvalue weighted by Gasteiger charge is -2.04. The van der Waals surface area contributed by atoms with Gasteiger partial charge in [-0.05, 0) is 23.3 Å². The Balaban J connectivity index is 3.03. The Kier molecular flexibility index (Phi) is 3.08. The van der Waals surface area contributed by atoms with Gasteiger partial charge in [-0.2, -0.15) is 5.26 Å². The lowest BCUT2D eigenvalue weighted by Crippen LogP contribution is -2.03. The van der Waals surface area contributed by atoms with Crippen molar-refractivity contribution in [3.05, 3.63) is 29.3 Å². The number of phenols is 1. The number of nitrogens with zero attached hydrogens (tertiary/aromatic N) is 1. The van der Waals surface area contributed by atoms with Gasteiger partial charge in [0.1, 0.15) is 5.75 Å². The maximum Gasteiger partial charge on any atom is 0.307 e. The number of phenolic OH excluding ortho intramolecular Hbond substituents is 1. The van der Waals surface area contributed by atoms with Gasteiger partial charge in [0.15, 0.2) is 0 Å². The second-order valence-corrected chi connectivity index (χ2v) is 2.86. The average Bonchev–Trinajstić information content (AvgIpc) is 2.09. The van der Waals surface area contributed by atoms with Crippen LogP contribution in [0.1, 0.15) is 11.1 Å². The van der Waals surface area contributed by atoms with Crippen LogP contribution >= 0.6 is 0 Å². The summed E-state index contributed by atoms with van der Waals surface area (Å²) in [4.78, 5) is 10.5. The number of nitriles is 1. The predicted molar refractivity (Wildman–Crippen MR) is 48.8 cm³/mol. The molecule has 0 amide bonds. The van der Waals surface area contributed by atoms with Crippen molar-refractivity contribution in [2.75, 3.05) is 0 Å². The van der Waals surface area contributed by atoms with E-state index in [9.17, 15) is 4.79 Å². The minimum atomic E-state index is -0.977. The van der Waals surface area contributed by atoms with Crippen LogP contribution in [0.25, 0.3) is 0 Å². The van der Waals surface area contributed by atoms with Gasteiger partial charge < -0.3 is 10.2 Å². The van der Waals surface area contributed by atoms with Crippen molar-refractivity contribution in [1.29, 1.82) is 5.26 Å². The van der Waals surface area contributed by atoms with Gasteiger partial charge in [0.25, 0.3) is 0 Å². The Labute approximate surface area is 81.0 Å². The molecule has 0 saturated carbocycles. The highest BCUT2D eigenvalue weighted by molar-refractivity contribution is 5.71. The summed E-state index contributed by atoms with van der Waals surface area (Å²) in [7, 11) is 0. The minimum absolute atomic E-state index is 0.0166. The monoisotopic (exact) mass is 191 g/mol. The Morgan fingerprint density at radius 3 is 2.71 bits per heavy atom. The molecule has 0 aliphatic rings. The summed E-state index contributed by atoms with van der Waals surface area (Å²) in [5, 5.41) is 26.2. The lowest BCUT2D eigenvalue weighted by atomic mass is 10.0. The van der Waals surface area contributed by atoms with Crippen molar-refractivity contribution in [2.45, 2.75) is 12.8 Å². The van der Waals surface area contributed by atoms with E-state index in [1.165, 1.54) is 12.1 Å². The zero-order valence-electron chi connectivity index (χ0n) is 7.40. The van der Waals surface area contributed by atoms with Crippen molar-refractivity contribution in [3.8, 4) is 11.8 Å². The van der Waals surface area contributed by atoms with Gasteiger partial charge in [-0.1, -0.05) is 6.07 Å². The fourth-order valence-corrected chi connectivity index (χ4v) is 1.20. The van der Waals surface area contributed by atoms with Crippen LogP contribution in [0.4, 0.5) is 0 Å². The summed E-state index contributed by atoms with van der Waals surface area (Å²) in [6.07, 6.45) is -0.0195. The quantitative estimate of drug-likeness (QED) is 0.749. The Hall–Kier alpha value is -2.02. The normalized spacial score (nSPS) is 9.36. The van der Waals surface area contributed by atoms with Crippen LogP contribution in [-0.4, -0.2) is 16.2 Å².